The zero-order chi connectivity index (χ0) is 18.4. The van der Waals surface area contributed by atoms with Crippen molar-refractivity contribution in [3.8, 4) is 0 Å². The third-order valence-electron chi connectivity index (χ3n) is 5.22. The lowest BCUT2D eigenvalue weighted by molar-refractivity contribution is -0.136. The molecule has 2 N–H and O–H groups in total. The van der Waals surface area contributed by atoms with Crippen molar-refractivity contribution >= 4 is 17.5 Å². The highest BCUT2D eigenvalue weighted by Crippen LogP contribution is 2.22. The van der Waals surface area contributed by atoms with Crippen molar-refractivity contribution in [2.24, 2.45) is 5.92 Å². The van der Waals surface area contributed by atoms with Gasteiger partial charge in [0, 0.05) is 31.5 Å². The summed E-state index contributed by atoms with van der Waals surface area (Å²) in [5, 5.41) is 5.18. The highest BCUT2D eigenvalue weighted by atomic mass is 19.1. The van der Waals surface area contributed by atoms with E-state index in [9.17, 15) is 14.0 Å². The molecule has 0 spiro atoms. The summed E-state index contributed by atoms with van der Waals surface area (Å²) in [4.78, 5) is 26.4. The summed E-state index contributed by atoms with van der Waals surface area (Å²) in [6.45, 7) is 4.28. The average molecular weight is 363 g/mol. The predicted molar refractivity (Wildman–Crippen MR) is 96.2 cm³/mol. The van der Waals surface area contributed by atoms with Crippen LogP contribution in [0.25, 0.3) is 0 Å². The number of rotatable bonds is 4. The number of carbonyl (C=O) groups is 2. The van der Waals surface area contributed by atoms with Crippen LogP contribution in [0.3, 0.4) is 0 Å². The molecule has 0 saturated carbocycles. The molecule has 2 amide bonds. The highest BCUT2D eigenvalue weighted by Gasteiger charge is 2.27. The fraction of sp³-hybridized carbons (Fsp3) is 0.579. The maximum Gasteiger partial charge on any atom is 0.313 e. The molecular weight excluding hydrogens is 337 g/mol. The third-order valence-corrected chi connectivity index (χ3v) is 5.22. The average Bonchev–Trinajstić information content (AvgIpc) is 2.69. The van der Waals surface area contributed by atoms with Crippen molar-refractivity contribution in [2.45, 2.75) is 31.7 Å². The van der Waals surface area contributed by atoms with Crippen LogP contribution in [-0.4, -0.2) is 55.6 Å². The van der Waals surface area contributed by atoms with E-state index in [2.05, 4.69) is 15.5 Å². The van der Waals surface area contributed by atoms with Gasteiger partial charge in [0.2, 0.25) is 0 Å². The lowest BCUT2D eigenvalue weighted by Gasteiger charge is -2.39. The van der Waals surface area contributed by atoms with Crippen LogP contribution in [-0.2, 0) is 14.3 Å². The van der Waals surface area contributed by atoms with Crippen LogP contribution in [0.5, 0.6) is 0 Å². The normalized spacial score (nSPS) is 19.9. The van der Waals surface area contributed by atoms with Crippen molar-refractivity contribution in [2.75, 3.05) is 38.2 Å². The molecule has 0 aliphatic carbocycles. The molecule has 6 nitrogen and oxygen atoms in total. The molecule has 0 unspecified atom stereocenters. The summed E-state index contributed by atoms with van der Waals surface area (Å²) < 4.78 is 18.3. The summed E-state index contributed by atoms with van der Waals surface area (Å²) in [6, 6.07) is 5.94. The summed E-state index contributed by atoms with van der Waals surface area (Å²) >= 11 is 0. The van der Waals surface area contributed by atoms with Crippen LogP contribution in [0.2, 0.25) is 0 Å². The number of nitrogens with zero attached hydrogens (tertiary/aromatic N) is 1. The Kier molecular flexibility index (Phi) is 6.57. The van der Waals surface area contributed by atoms with Crippen molar-refractivity contribution in [3.05, 3.63) is 30.1 Å². The van der Waals surface area contributed by atoms with Crippen LogP contribution in [0.4, 0.5) is 10.1 Å². The Hall–Kier alpha value is -1.99. The molecule has 3 rings (SSSR count). The number of anilines is 1. The fourth-order valence-electron chi connectivity index (χ4n) is 3.61. The molecule has 0 radical (unpaired) electrons. The van der Waals surface area contributed by atoms with Crippen molar-refractivity contribution in [1.29, 1.82) is 0 Å². The molecule has 0 atom stereocenters. The van der Waals surface area contributed by atoms with Gasteiger partial charge in [-0.05, 0) is 69.0 Å². The van der Waals surface area contributed by atoms with Crippen LogP contribution < -0.4 is 10.6 Å². The van der Waals surface area contributed by atoms with Gasteiger partial charge in [-0.15, -0.1) is 0 Å². The second-order valence-electron chi connectivity index (χ2n) is 6.99. The van der Waals surface area contributed by atoms with Crippen molar-refractivity contribution in [3.63, 3.8) is 0 Å². The highest BCUT2D eigenvalue weighted by molar-refractivity contribution is 6.39. The van der Waals surface area contributed by atoms with Crippen LogP contribution in [0.15, 0.2) is 24.3 Å². The number of benzene rings is 1. The molecular formula is C19H26FN3O3. The zero-order valence-corrected chi connectivity index (χ0v) is 14.9. The molecule has 142 valence electrons. The van der Waals surface area contributed by atoms with Gasteiger partial charge in [0.05, 0.1) is 0 Å². The lowest BCUT2D eigenvalue weighted by Crippen LogP contribution is -2.46. The van der Waals surface area contributed by atoms with Crippen molar-refractivity contribution < 1.29 is 18.7 Å². The first-order valence-corrected chi connectivity index (χ1v) is 9.28. The summed E-state index contributed by atoms with van der Waals surface area (Å²) in [5.74, 6) is -1.37. The van der Waals surface area contributed by atoms with Gasteiger partial charge in [-0.2, -0.15) is 0 Å². The van der Waals surface area contributed by atoms with Gasteiger partial charge in [-0.25, -0.2) is 4.39 Å². The number of piperidine rings is 1. The third kappa shape index (κ3) is 5.25. The Balaban J connectivity index is 1.36. The second-order valence-corrected chi connectivity index (χ2v) is 6.99. The molecule has 1 aromatic carbocycles. The summed E-state index contributed by atoms with van der Waals surface area (Å²) in [5.41, 5.74) is 0.399. The Bertz CT molecular complexity index is 609. The first-order valence-electron chi connectivity index (χ1n) is 9.28. The van der Waals surface area contributed by atoms with E-state index < -0.39 is 11.8 Å². The molecule has 2 aliphatic rings. The van der Waals surface area contributed by atoms with E-state index in [-0.39, 0.29) is 5.82 Å². The largest absolute Gasteiger partial charge is 0.381 e. The smallest absolute Gasteiger partial charge is 0.313 e. The Morgan fingerprint density at radius 1 is 1.04 bits per heavy atom. The van der Waals surface area contributed by atoms with Crippen LogP contribution in [0, 0.1) is 11.7 Å². The SMILES string of the molecule is O=C(NCC1CCN(C2CCOCC2)CC1)C(=O)Nc1ccc(F)cc1. The van der Waals surface area contributed by atoms with Gasteiger partial charge in [0.15, 0.2) is 0 Å². The van der Waals surface area contributed by atoms with Crippen LogP contribution >= 0.6 is 0 Å². The minimum atomic E-state index is -0.726. The van der Waals surface area contributed by atoms with Gasteiger partial charge >= 0.3 is 11.8 Å². The molecule has 7 heteroatoms. The van der Waals surface area contributed by atoms with Gasteiger partial charge in [0.1, 0.15) is 5.82 Å². The molecule has 2 heterocycles. The predicted octanol–water partition coefficient (Wildman–Crippen LogP) is 1.77. The van der Waals surface area contributed by atoms with Gasteiger partial charge in [-0.3, -0.25) is 9.59 Å². The molecule has 2 aliphatic heterocycles. The number of halogens is 1. The minimum Gasteiger partial charge on any atom is -0.381 e. The molecule has 2 fully saturated rings. The number of amides is 2. The molecule has 0 aromatic heterocycles. The maximum atomic E-state index is 12.9. The Morgan fingerprint density at radius 3 is 2.35 bits per heavy atom. The fourth-order valence-corrected chi connectivity index (χ4v) is 3.61. The van der Waals surface area contributed by atoms with E-state index in [1.54, 1.807) is 0 Å². The Labute approximate surface area is 153 Å². The zero-order valence-electron chi connectivity index (χ0n) is 14.9. The standard InChI is InChI=1S/C19H26FN3O3/c20-15-1-3-16(4-2-15)22-19(25)18(24)21-13-14-5-9-23(10-6-14)17-7-11-26-12-8-17/h1-4,14,17H,5-13H2,(H,21,24)(H,22,25). The number of ether oxygens (including phenoxy) is 1. The van der Waals surface area contributed by atoms with E-state index >= 15 is 0 Å². The van der Waals surface area contributed by atoms with Crippen molar-refractivity contribution in [1.82, 2.24) is 10.2 Å². The van der Waals surface area contributed by atoms with Gasteiger partial charge in [-0.1, -0.05) is 0 Å². The minimum absolute atomic E-state index is 0.389. The maximum absolute atomic E-state index is 12.9. The molecule has 1 aromatic rings. The number of hydrogen-bond donors (Lipinski definition) is 2. The molecule has 2 saturated heterocycles. The summed E-state index contributed by atoms with van der Waals surface area (Å²) in [6.07, 6.45) is 4.25. The first kappa shape index (κ1) is 18.8. The second kappa shape index (κ2) is 9.09. The van der Waals surface area contributed by atoms with Gasteiger partial charge < -0.3 is 20.3 Å². The number of hydrogen-bond acceptors (Lipinski definition) is 4. The van der Waals surface area contributed by atoms with E-state index in [1.165, 1.54) is 24.3 Å². The molecule has 26 heavy (non-hydrogen) atoms. The number of nitrogens with one attached hydrogen (secondary N) is 2. The van der Waals surface area contributed by atoms with Crippen LogP contribution in [0.1, 0.15) is 25.7 Å². The van der Waals surface area contributed by atoms with E-state index in [1.807, 2.05) is 0 Å². The quantitative estimate of drug-likeness (QED) is 0.800. The van der Waals surface area contributed by atoms with E-state index in [4.69, 9.17) is 4.74 Å². The topological polar surface area (TPSA) is 70.7 Å². The Morgan fingerprint density at radius 2 is 1.69 bits per heavy atom. The monoisotopic (exact) mass is 363 g/mol. The molecule has 0 bridgehead atoms. The van der Waals surface area contributed by atoms with Gasteiger partial charge in [0.25, 0.3) is 0 Å². The first-order chi connectivity index (χ1) is 12.6. The number of likely N-dealkylation sites (tertiary alicyclic amines) is 1. The summed E-state index contributed by atoms with van der Waals surface area (Å²) in [7, 11) is 0. The lowest BCUT2D eigenvalue weighted by atomic mass is 9.94. The number of carbonyl (C=O) groups excluding carboxylic acids is 2. The van der Waals surface area contributed by atoms with E-state index in [0.29, 0.717) is 24.2 Å². The van der Waals surface area contributed by atoms with E-state index in [0.717, 1.165) is 52.0 Å².